The fraction of sp³-hybridized carbons (Fsp3) is 0.500. The van der Waals surface area contributed by atoms with Crippen molar-refractivity contribution in [2.45, 2.75) is 39.7 Å². The van der Waals surface area contributed by atoms with Crippen LogP contribution in [0.4, 0.5) is 0 Å². The maximum absolute atomic E-state index is 12.1. The van der Waals surface area contributed by atoms with Crippen molar-refractivity contribution >= 4 is 11.6 Å². The van der Waals surface area contributed by atoms with Gasteiger partial charge in [-0.25, -0.2) is 4.98 Å². The molecular formula is C16H23N3O2. The number of aromatic nitrogens is 2. The van der Waals surface area contributed by atoms with E-state index in [4.69, 9.17) is 0 Å². The number of carbonyl (C=O) groups excluding carboxylic acids is 1. The van der Waals surface area contributed by atoms with Crippen LogP contribution in [-0.4, -0.2) is 33.0 Å². The van der Waals surface area contributed by atoms with Gasteiger partial charge in [0.05, 0.1) is 24.8 Å². The van der Waals surface area contributed by atoms with Crippen LogP contribution in [0.1, 0.15) is 32.9 Å². The van der Waals surface area contributed by atoms with Crippen molar-refractivity contribution in [2.75, 3.05) is 6.61 Å². The van der Waals surface area contributed by atoms with E-state index in [2.05, 4.69) is 31.1 Å². The molecule has 114 valence electrons. The maximum atomic E-state index is 12.1. The molecule has 21 heavy (non-hydrogen) atoms. The van der Waals surface area contributed by atoms with E-state index in [1.807, 2.05) is 35.0 Å². The lowest BCUT2D eigenvalue weighted by Gasteiger charge is -2.25. The minimum atomic E-state index is -0.213. The van der Waals surface area contributed by atoms with E-state index < -0.39 is 0 Å². The van der Waals surface area contributed by atoms with Crippen molar-refractivity contribution in [3.05, 3.63) is 36.3 Å². The van der Waals surface area contributed by atoms with Gasteiger partial charge in [-0.2, -0.15) is 0 Å². The highest BCUT2D eigenvalue weighted by Crippen LogP contribution is 2.20. The van der Waals surface area contributed by atoms with E-state index in [0.717, 1.165) is 17.8 Å². The van der Waals surface area contributed by atoms with Crippen LogP contribution in [-0.2, 0) is 11.2 Å². The first-order chi connectivity index (χ1) is 9.87. The molecule has 0 aliphatic carbocycles. The number of hydrogen-bond donors (Lipinski definition) is 2. The maximum Gasteiger partial charge on any atom is 0.226 e. The van der Waals surface area contributed by atoms with Gasteiger partial charge in [0, 0.05) is 12.4 Å². The number of imidazole rings is 1. The number of aliphatic hydroxyl groups excluding tert-OH is 1. The monoisotopic (exact) mass is 289 g/mol. The molecule has 1 atom stereocenters. The Balaban J connectivity index is 1.97. The Hall–Kier alpha value is -1.88. The summed E-state index contributed by atoms with van der Waals surface area (Å²) in [7, 11) is 0. The Morgan fingerprint density at radius 2 is 2.19 bits per heavy atom. The molecule has 5 nitrogen and oxygen atoms in total. The van der Waals surface area contributed by atoms with Crippen LogP contribution in [0.25, 0.3) is 5.65 Å². The molecule has 0 saturated heterocycles. The molecular weight excluding hydrogens is 266 g/mol. The predicted octanol–water partition coefficient (Wildman–Crippen LogP) is 1.79. The van der Waals surface area contributed by atoms with Crippen molar-refractivity contribution in [2.24, 2.45) is 5.41 Å². The van der Waals surface area contributed by atoms with Crippen molar-refractivity contribution < 1.29 is 9.90 Å². The number of hydrogen-bond acceptors (Lipinski definition) is 3. The third-order valence-electron chi connectivity index (χ3n) is 3.20. The molecule has 0 aliphatic rings. The van der Waals surface area contributed by atoms with Crippen LogP contribution in [0.15, 0.2) is 30.6 Å². The van der Waals surface area contributed by atoms with Gasteiger partial charge in [-0.1, -0.05) is 26.8 Å². The third-order valence-corrected chi connectivity index (χ3v) is 3.20. The van der Waals surface area contributed by atoms with Gasteiger partial charge in [-0.15, -0.1) is 0 Å². The molecule has 0 bridgehead atoms. The first kappa shape index (κ1) is 15.5. The molecule has 5 heteroatoms. The van der Waals surface area contributed by atoms with Crippen molar-refractivity contribution in [3.63, 3.8) is 0 Å². The molecule has 1 amide bonds. The third kappa shape index (κ3) is 4.56. The summed E-state index contributed by atoms with van der Waals surface area (Å²) in [5.74, 6) is -0.110. The summed E-state index contributed by atoms with van der Waals surface area (Å²) in [5.41, 5.74) is 1.61. The Bertz CT molecular complexity index is 580. The summed E-state index contributed by atoms with van der Waals surface area (Å²) in [5, 5.41) is 12.3. The lowest BCUT2D eigenvalue weighted by Crippen LogP contribution is -2.40. The molecule has 2 heterocycles. The zero-order valence-corrected chi connectivity index (χ0v) is 12.8. The van der Waals surface area contributed by atoms with Crippen LogP contribution >= 0.6 is 0 Å². The van der Waals surface area contributed by atoms with Gasteiger partial charge in [-0.05, 0) is 24.0 Å². The van der Waals surface area contributed by atoms with Crippen molar-refractivity contribution in [1.82, 2.24) is 14.7 Å². The quantitative estimate of drug-likeness (QED) is 0.882. The van der Waals surface area contributed by atoms with E-state index >= 15 is 0 Å². The molecule has 1 unspecified atom stereocenters. The summed E-state index contributed by atoms with van der Waals surface area (Å²) in [6.45, 7) is 6.21. The van der Waals surface area contributed by atoms with Gasteiger partial charge in [0.15, 0.2) is 0 Å². The second kappa shape index (κ2) is 6.26. The summed E-state index contributed by atoms with van der Waals surface area (Å²) in [6.07, 6.45) is 4.72. The number of aliphatic hydroxyl groups is 1. The Labute approximate surface area is 125 Å². The topological polar surface area (TPSA) is 66.6 Å². The van der Waals surface area contributed by atoms with Gasteiger partial charge >= 0.3 is 0 Å². The molecule has 0 aliphatic heterocycles. The molecule has 0 aromatic carbocycles. The SMILES string of the molecule is CC(C)(C)CC(CO)NC(=O)Cc1cn2ccccc2n1. The number of nitrogens with zero attached hydrogens (tertiary/aromatic N) is 2. The van der Waals surface area contributed by atoms with Crippen LogP contribution in [0.2, 0.25) is 0 Å². The summed E-state index contributed by atoms with van der Waals surface area (Å²) < 4.78 is 1.89. The summed E-state index contributed by atoms with van der Waals surface area (Å²) in [6, 6.07) is 5.52. The lowest BCUT2D eigenvalue weighted by molar-refractivity contribution is -0.121. The predicted molar refractivity (Wildman–Crippen MR) is 82.0 cm³/mol. The standard InChI is InChI=1S/C16H23N3O2/c1-16(2,3)9-13(11-20)18-15(21)8-12-10-19-7-5-4-6-14(19)17-12/h4-7,10,13,20H,8-9,11H2,1-3H3,(H,18,21). The van der Waals surface area contributed by atoms with Gasteiger partial charge in [0.1, 0.15) is 5.65 Å². The number of nitrogens with one attached hydrogen (secondary N) is 1. The fourth-order valence-corrected chi connectivity index (χ4v) is 2.42. The first-order valence-corrected chi connectivity index (χ1v) is 7.20. The Kier molecular flexibility index (Phi) is 4.63. The van der Waals surface area contributed by atoms with E-state index in [1.54, 1.807) is 0 Å². The van der Waals surface area contributed by atoms with Crippen LogP contribution < -0.4 is 5.32 Å². The Morgan fingerprint density at radius 3 is 2.81 bits per heavy atom. The van der Waals surface area contributed by atoms with Crippen LogP contribution in [0.5, 0.6) is 0 Å². The number of carbonyl (C=O) groups is 1. The molecule has 0 radical (unpaired) electrons. The number of fused-ring (bicyclic) bond motifs is 1. The second-order valence-corrected chi connectivity index (χ2v) is 6.59. The van der Waals surface area contributed by atoms with Crippen molar-refractivity contribution in [3.8, 4) is 0 Å². The lowest BCUT2D eigenvalue weighted by atomic mass is 9.88. The minimum absolute atomic E-state index is 0.0474. The largest absolute Gasteiger partial charge is 0.394 e. The number of pyridine rings is 1. The van der Waals surface area contributed by atoms with Crippen molar-refractivity contribution in [1.29, 1.82) is 0 Å². The van der Waals surface area contributed by atoms with E-state index in [1.165, 1.54) is 0 Å². The summed E-state index contributed by atoms with van der Waals surface area (Å²) >= 11 is 0. The van der Waals surface area contributed by atoms with Crippen LogP contribution in [0, 0.1) is 5.41 Å². The van der Waals surface area contributed by atoms with Gasteiger partial charge in [0.2, 0.25) is 5.91 Å². The van der Waals surface area contributed by atoms with E-state index in [9.17, 15) is 9.90 Å². The Morgan fingerprint density at radius 1 is 1.43 bits per heavy atom. The molecule has 2 aromatic rings. The summed E-state index contributed by atoms with van der Waals surface area (Å²) in [4.78, 5) is 16.5. The number of amides is 1. The highest BCUT2D eigenvalue weighted by atomic mass is 16.3. The highest BCUT2D eigenvalue weighted by molar-refractivity contribution is 5.78. The molecule has 0 saturated carbocycles. The van der Waals surface area contributed by atoms with Gasteiger partial charge in [-0.3, -0.25) is 4.79 Å². The molecule has 2 aromatic heterocycles. The molecule has 0 fully saturated rings. The van der Waals surface area contributed by atoms with Gasteiger partial charge < -0.3 is 14.8 Å². The zero-order valence-electron chi connectivity index (χ0n) is 12.8. The van der Waals surface area contributed by atoms with Gasteiger partial charge in [0.25, 0.3) is 0 Å². The minimum Gasteiger partial charge on any atom is -0.394 e. The zero-order chi connectivity index (χ0) is 15.5. The normalized spacial score (nSPS) is 13.3. The van der Waals surface area contributed by atoms with Crippen LogP contribution in [0.3, 0.4) is 0 Å². The second-order valence-electron chi connectivity index (χ2n) is 6.59. The highest BCUT2D eigenvalue weighted by Gasteiger charge is 2.20. The van der Waals surface area contributed by atoms with E-state index in [0.29, 0.717) is 0 Å². The smallest absolute Gasteiger partial charge is 0.226 e. The molecule has 2 N–H and O–H groups in total. The number of rotatable bonds is 5. The molecule has 2 rings (SSSR count). The van der Waals surface area contributed by atoms with E-state index in [-0.39, 0.29) is 30.4 Å². The first-order valence-electron chi connectivity index (χ1n) is 7.20. The average Bonchev–Trinajstić information content (AvgIpc) is 2.78. The molecule has 0 spiro atoms. The average molecular weight is 289 g/mol. The fourth-order valence-electron chi connectivity index (χ4n) is 2.42.